The maximum atomic E-state index is 12.9. The molecule has 2 aromatic rings. The Hall–Kier alpha value is -3.15. The number of carbonyl (C=O) groups is 1. The number of nitro benzene ring substituents is 1. The zero-order valence-corrected chi connectivity index (χ0v) is 17.1. The van der Waals surface area contributed by atoms with Crippen LogP contribution in [0.3, 0.4) is 0 Å². The summed E-state index contributed by atoms with van der Waals surface area (Å²) in [7, 11) is -3.63. The van der Waals surface area contributed by atoms with Gasteiger partial charge in [-0.2, -0.15) is 13.2 Å². The number of nitrogens with zero attached hydrogens (tertiary/aromatic N) is 3. The van der Waals surface area contributed by atoms with Crippen molar-refractivity contribution >= 4 is 27.1 Å². The lowest BCUT2D eigenvalue weighted by Crippen LogP contribution is -2.49. The first-order valence-corrected chi connectivity index (χ1v) is 11.0. The second-order valence-corrected chi connectivity index (χ2v) is 8.99. The number of halogens is 3. The molecular weight excluding hydrogens is 439 g/mol. The molecule has 0 N–H and O–H groups in total. The molecule has 0 aliphatic carbocycles. The summed E-state index contributed by atoms with van der Waals surface area (Å²) in [5.74, 6) is -0.498. The van der Waals surface area contributed by atoms with E-state index in [1.165, 1.54) is 28.0 Å². The molecule has 0 unspecified atom stereocenters. The van der Waals surface area contributed by atoms with Gasteiger partial charge >= 0.3 is 6.18 Å². The van der Waals surface area contributed by atoms with Crippen molar-refractivity contribution in [2.24, 2.45) is 0 Å². The van der Waals surface area contributed by atoms with Crippen molar-refractivity contribution in [2.75, 3.05) is 37.3 Å². The van der Waals surface area contributed by atoms with E-state index < -0.39 is 38.1 Å². The number of hydrogen-bond acceptors (Lipinski definition) is 6. The highest BCUT2D eigenvalue weighted by Crippen LogP contribution is 2.36. The second-order valence-electron chi connectivity index (χ2n) is 7.01. The van der Waals surface area contributed by atoms with Gasteiger partial charge in [-0.15, -0.1) is 0 Å². The van der Waals surface area contributed by atoms with Crippen LogP contribution in [0.2, 0.25) is 0 Å². The molecular formula is C19H18F3N3O5S. The molecule has 3 rings (SSSR count). The SMILES string of the molecule is CS(=O)(=O)c1ccccc1C(=O)N1CCN(c2ccc(C(F)(F)F)cc2[N+](=O)[O-])CC1. The number of piperazine rings is 1. The van der Waals surface area contributed by atoms with E-state index in [-0.39, 0.29) is 42.3 Å². The van der Waals surface area contributed by atoms with E-state index in [1.807, 2.05) is 0 Å². The highest BCUT2D eigenvalue weighted by atomic mass is 32.2. The second kappa shape index (κ2) is 8.17. The number of alkyl halides is 3. The zero-order valence-electron chi connectivity index (χ0n) is 16.3. The molecule has 31 heavy (non-hydrogen) atoms. The van der Waals surface area contributed by atoms with Crippen molar-refractivity contribution in [3.63, 3.8) is 0 Å². The van der Waals surface area contributed by atoms with E-state index >= 15 is 0 Å². The van der Waals surface area contributed by atoms with Crippen LogP contribution in [0.25, 0.3) is 0 Å². The summed E-state index contributed by atoms with van der Waals surface area (Å²) in [6.45, 7) is 0.516. The van der Waals surface area contributed by atoms with Crippen LogP contribution in [-0.4, -0.2) is 56.6 Å². The number of amides is 1. The molecule has 12 heteroatoms. The lowest BCUT2D eigenvalue weighted by molar-refractivity contribution is -0.384. The van der Waals surface area contributed by atoms with Crippen molar-refractivity contribution in [3.05, 3.63) is 63.7 Å². The van der Waals surface area contributed by atoms with E-state index in [0.29, 0.717) is 6.07 Å². The number of nitro groups is 1. The third-order valence-electron chi connectivity index (χ3n) is 4.92. The minimum absolute atomic E-state index is 0.0268. The Morgan fingerprint density at radius 2 is 1.68 bits per heavy atom. The fourth-order valence-corrected chi connectivity index (χ4v) is 4.28. The summed E-state index contributed by atoms with van der Waals surface area (Å²) in [4.78, 5) is 26.2. The third kappa shape index (κ3) is 4.79. The van der Waals surface area contributed by atoms with Crippen molar-refractivity contribution in [1.82, 2.24) is 4.90 Å². The lowest BCUT2D eigenvalue weighted by atomic mass is 10.1. The first kappa shape index (κ1) is 22.5. The third-order valence-corrected chi connectivity index (χ3v) is 6.08. The molecule has 0 spiro atoms. The minimum Gasteiger partial charge on any atom is -0.362 e. The van der Waals surface area contributed by atoms with Crippen LogP contribution in [0, 0.1) is 10.1 Å². The minimum atomic E-state index is -4.71. The number of rotatable bonds is 4. The van der Waals surface area contributed by atoms with Crippen LogP contribution in [0.4, 0.5) is 24.5 Å². The van der Waals surface area contributed by atoms with Gasteiger partial charge in [-0.1, -0.05) is 12.1 Å². The highest BCUT2D eigenvalue weighted by molar-refractivity contribution is 7.90. The van der Waals surface area contributed by atoms with Crippen LogP contribution in [0.5, 0.6) is 0 Å². The van der Waals surface area contributed by atoms with Crippen LogP contribution >= 0.6 is 0 Å². The van der Waals surface area contributed by atoms with Crippen molar-refractivity contribution < 1.29 is 31.3 Å². The Balaban J connectivity index is 1.81. The van der Waals surface area contributed by atoms with Gasteiger partial charge in [0, 0.05) is 38.5 Å². The maximum Gasteiger partial charge on any atom is 0.416 e. The molecule has 1 heterocycles. The normalized spacial score (nSPS) is 15.1. The summed E-state index contributed by atoms with van der Waals surface area (Å²) >= 11 is 0. The molecule has 0 radical (unpaired) electrons. The van der Waals surface area contributed by atoms with Gasteiger partial charge in [-0.05, 0) is 24.3 Å². The maximum absolute atomic E-state index is 12.9. The molecule has 1 aliphatic heterocycles. The molecule has 2 aromatic carbocycles. The molecule has 0 aromatic heterocycles. The molecule has 0 saturated carbocycles. The van der Waals surface area contributed by atoms with E-state index in [4.69, 9.17) is 0 Å². The van der Waals surface area contributed by atoms with E-state index in [9.17, 15) is 36.5 Å². The van der Waals surface area contributed by atoms with Gasteiger partial charge < -0.3 is 9.80 Å². The van der Waals surface area contributed by atoms with Gasteiger partial charge in [0.05, 0.1) is 20.9 Å². The first-order valence-electron chi connectivity index (χ1n) is 9.08. The summed E-state index contributed by atoms with van der Waals surface area (Å²) < 4.78 is 62.6. The standard InChI is InChI=1S/C19H18F3N3O5S/c1-31(29,30)17-5-3-2-4-14(17)18(26)24-10-8-23(9-11-24)15-7-6-13(19(20,21)22)12-16(15)25(27)28/h2-7,12H,8-11H2,1H3. The predicted molar refractivity (Wildman–Crippen MR) is 106 cm³/mol. The van der Waals surface area contributed by atoms with Crippen LogP contribution in [0.1, 0.15) is 15.9 Å². The fraction of sp³-hybridized carbons (Fsp3) is 0.316. The van der Waals surface area contributed by atoms with Gasteiger partial charge in [0.2, 0.25) is 0 Å². The van der Waals surface area contributed by atoms with E-state index in [1.54, 1.807) is 6.07 Å². The molecule has 166 valence electrons. The zero-order chi connectivity index (χ0) is 23.0. The van der Waals surface area contributed by atoms with Gasteiger partial charge in [0.1, 0.15) is 5.69 Å². The van der Waals surface area contributed by atoms with Crippen molar-refractivity contribution in [3.8, 4) is 0 Å². The summed E-state index contributed by atoms with van der Waals surface area (Å²) in [6, 6.07) is 8.13. The molecule has 0 bridgehead atoms. The largest absolute Gasteiger partial charge is 0.416 e. The van der Waals surface area contributed by atoms with Gasteiger partial charge in [0.25, 0.3) is 11.6 Å². The number of carbonyl (C=O) groups excluding carboxylic acids is 1. The Morgan fingerprint density at radius 1 is 1.06 bits per heavy atom. The molecule has 1 amide bonds. The van der Waals surface area contributed by atoms with Gasteiger partial charge in [-0.25, -0.2) is 8.42 Å². The molecule has 1 aliphatic rings. The number of sulfone groups is 1. The monoisotopic (exact) mass is 457 g/mol. The van der Waals surface area contributed by atoms with Crippen LogP contribution in [-0.2, 0) is 16.0 Å². The summed E-state index contributed by atoms with van der Waals surface area (Å²) in [5.41, 5.74) is -1.73. The van der Waals surface area contributed by atoms with Gasteiger partial charge in [-0.3, -0.25) is 14.9 Å². The quantitative estimate of drug-likeness (QED) is 0.517. The summed E-state index contributed by atoms with van der Waals surface area (Å²) in [5, 5.41) is 11.3. The fourth-order valence-electron chi connectivity index (χ4n) is 3.40. The molecule has 1 saturated heterocycles. The number of benzene rings is 2. The number of anilines is 1. The molecule has 1 fully saturated rings. The number of hydrogen-bond donors (Lipinski definition) is 0. The molecule has 8 nitrogen and oxygen atoms in total. The van der Waals surface area contributed by atoms with Gasteiger partial charge in [0.15, 0.2) is 9.84 Å². The molecule has 0 atom stereocenters. The smallest absolute Gasteiger partial charge is 0.362 e. The average Bonchev–Trinajstić information content (AvgIpc) is 2.71. The van der Waals surface area contributed by atoms with Crippen molar-refractivity contribution in [2.45, 2.75) is 11.1 Å². The predicted octanol–water partition coefficient (Wildman–Crippen LogP) is 2.98. The Bertz CT molecular complexity index is 1130. The van der Waals surface area contributed by atoms with E-state index in [2.05, 4.69) is 0 Å². The average molecular weight is 457 g/mol. The Labute approximate surface area is 175 Å². The topological polar surface area (TPSA) is 101 Å². The van der Waals surface area contributed by atoms with Crippen LogP contribution in [0.15, 0.2) is 47.4 Å². The first-order chi connectivity index (χ1) is 14.4. The Morgan fingerprint density at radius 3 is 2.23 bits per heavy atom. The van der Waals surface area contributed by atoms with Crippen LogP contribution < -0.4 is 4.90 Å². The summed E-state index contributed by atoms with van der Waals surface area (Å²) in [6.07, 6.45) is -3.71. The highest BCUT2D eigenvalue weighted by Gasteiger charge is 2.34. The van der Waals surface area contributed by atoms with Crippen molar-refractivity contribution in [1.29, 1.82) is 0 Å². The lowest BCUT2D eigenvalue weighted by Gasteiger charge is -2.36. The van der Waals surface area contributed by atoms with E-state index in [0.717, 1.165) is 18.4 Å². The Kier molecular flexibility index (Phi) is 5.94.